The van der Waals surface area contributed by atoms with Gasteiger partial charge in [-0.15, -0.1) is 0 Å². The molecule has 3 aromatic rings. The molecule has 0 saturated carbocycles. The van der Waals surface area contributed by atoms with Crippen LogP contribution in [0.15, 0.2) is 54.6 Å². The van der Waals surface area contributed by atoms with Crippen LogP contribution in [-0.2, 0) is 11.3 Å². The van der Waals surface area contributed by atoms with E-state index >= 15 is 0 Å². The lowest BCUT2D eigenvalue weighted by Crippen LogP contribution is -2.15. The largest absolute Gasteiger partial charge is 0.454 e. The second-order valence-corrected chi connectivity index (χ2v) is 6.85. The quantitative estimate of drug-likeness (QED) is 0.428. The van der Waals surface area contributed by atoms with Crippen molar-refractivity contribution in [2.24, 2.45) is 0 Å². The summed E-state index contributed by atoms with van der Waals surface area (Å²) in [7, 11) is 0. The average Bonchev–Trinajstić information content (AvgIpc) is 3.06. The van der Waals surface area contributed by atoms with Crippen LogP contribution in [0.2, 0.25) is 0 Å². The number of alkyl halides is 2. The Kier molecular flexibility index (Phi) is 6.81. The van der Waals surface area contributed by atoms with Gasteiger partial charge in [-0.25, -0.2) is 4.79 Å². The van der Waals surface area contributed by atoms with Gasteiger partial charge in [0.25, 0.3) is 0 Å². The van der Waals surface area contributed by atoms with Gasteiger partial charge in [0.1, 0.15) is 5.75 Å². The minimum atomic E-state index is -2.90. The summed E-state index contributed by atoms with van der Waals surface area (Å²) in [5.74, 6) is -0.963. The molecule has 1 aromatic heterocycles. The number of carbonyl (C=O) groups is 2. The van der Waals surface area contributed by atoms with E-state index in [9.17, 15) is 18.4 Å². The van der Waals surface area contributed by atoms with Gasteiger partial charge < -0.3 is 19.1 Å². The molecule has 3 rings (SSSR count). The normalized spacial score (nSPS) is 10.9. The highest BCUT2D eigenvalue weighted by Gasteiger charge is 2.19. The van der Waals surface area contributed by atoms with Crippen LogP contribution in [0.4, 0.5) is 8.78 Å². The van der Waals surface area contributed by atoms with Crippen LogP contribution in [0.25, 0.3) is 5.69 Å². The van der Waals surface area contributed by atoms with E-state index in [0.29, 0.717) is 22.5 Å². The number of aliphatic hydroxyl groups is 1. The van der Waals surface area contributed by atoms with Crippen LogP contribution in [0.1, 0.15) is 37.7 Å². The van der Waals surface area contributed by atoms with Crippen LogP contribution in [-0.4, -0.2) is 34.6 Å². The average molecular weight is 429 g/mol. The van der Waals surface area contributed by atoms with Crippen LogP contribution in [0, 0.1) is 13.8 Å². The first kappa shape index (κ1) is 22.2. The van der Waals surface area contributed by atoms with Crippen LogP contribution in [0.3, 0.4) is 0 Å². The number of hydrogen-bond donors (Lipinski definition) is 1. The lowest BCUT2D eigenvalue weighted by molar-refractivity contribution is -0.0498. The second-order valence-electron chi connectivity index (χ2n) is 6.85. The molecule has 0 aliphatic heterocycles. The number of aryl methyl sites for hydroxylation is 1. The van der Waals surface area contributed by atoms with Gasteiger partial charge >= 0.3 is 12.6 Å². The lowest BCUT2D eigenvalue weighted by atomic mass is 10.1. The van der Waals surface area contributed by atoms with Crippen molar-refractivity contribution < 1.29 is 33.0 Å². The summed E-state index contributed by atoms with van der Waals surface area (Å²) < 4.78 is 35.9. The van der Waals surface area contributed by atoms with Gasteiger partial charge in [-0.2, -0.15) is 8.78 Å². The zero-order chi connectivity index (χ0) is 22.5. The highest BCUT2D eigenvalue weighted by Crippen LogP contribution is 2.24. The minimum Gasteiger partial charge on any atom is -0.454 e. The van der Waals surface area contributed by atoms with Gasteiger partial charge in [0.05, 0.1) is 12.2 Å². The van der Waals surface area contributed by atoms with Crippen LogP contribution < -0.4 is 4.74 Å². The first-order valence-corrected chi connectivity index (χ1v) is 9.44. The predicted octanol–water partition coefficient (Wildman–Crippen LogP) is 4.23. The molecule has 0 spiro atoms. The number of Topliss-reactive ketones (excluding diaryl/α,β-unsaturated/α-hetero) is 1. The molecule has 8 heteroatoms. The van der Waals surface area contributed by atoms with Crippen molar-refractivity contribution in [1.82, 2.24) is 4.57 Å². The Labute approximate surface area is 177 Å². The number of ketones is 1. The fraction of sp³-hybridized carbons (Fsp3) is 0.217. The van der Waals surface area contributed by atoms with Gasteiger partial charge in [-0.3, -0.25) is 4.79 Å². The minimum absolute atomic E-state index is 0.0384. The Morgan fingerprint density at radius 1 is 1.03 bits per heavy atom. The Balaban J connectivity index is 1.71. The van der Waals surface area contributed by atoms with E-state index in [1.807, 2.05) is 6.92 Å². The first-order chi connectivity index (χ1) is 14.8. The molecule has 0 amide bonds. The van der Waals surface area contributed by atoms with Gasteiger partial charge in [0.2, 0.25) is 5.78 Å². The lowest BCUT2D eigenvalue weighted by Gasteiger charge is -2.11. The second kappa shape index (κ2) is 9.53. The highest BCUT2D eigenvalue weighted by molar-refractivity contribution is 6.00. The number of halogens is 2. The third kappa shape index (κ3) is 5.16. The fourth-order valence-electron chi connectivity index (χ4n) is 3.26. The topological polar surface area (TPSA) is 77.8 Å². The van der Waals surface area contributed by atoms with Crippen molar-refractivity contribution in [2.45, 2.75) is 27.1 Å². The molecule has 0 fully saturated rings. The first-order valence-electron chi connectivity index (χ1n) is 9.44. The summed E-state index contributed by atoms with van der Waals surface area (Å²) in [5, 5.41) is 9.05. The number of carbonyl (C=O) groups excluding carboxylic acids is 2. The van der Waals surface area contributed by atoms with Crippen molar-refractivity contribution in [3.8, 4) is 11.4 Å². The van der Waals surface area contributed by atoms with Crippen LogP contribution >= 0.6 is 0 Å². The monoisotopic (exact) mass is 429 g/mol. The molecule has 1 heterocycles. The molecule has 0 bridgehead atoms. The fourth-order valence-corrected chi connectivity index (χ4v) is 3.26. The van der Waals surface area contributed by atoms with E-state index in [2.05, 4.69) is 4.74 Å². The Hall–Kier alpha value is -3.52. The molecule has 0 aliphatic rings. The van der Waals surface area contributed by atoms with Crippen LogP contribution in [0.5, 0.6) is 5.75 Å². The van der Waals surface area contributed by atoms with Crippen molar-refractivity contribution in [1.29, 1.82) is 0 Å². The van der Waals surface area contributed by atoms with E-state index in [1.165, 1.54) is 24.3 Å². The molecule has 1 N–H and O–H groups in total. The number of aromatic nitrogens is 1. The summed E-state index contributed by atoms with van der Waals surface area (Å²) in [6.07, 6.45) is 0. The van der Waals surface area contributed by atoms with E-state index in [-0.39, 0.29) is 23.7 Å². The summed E-state index contributed by atoms with van der Waals surface area (Å²) in [6, 6.07) is 14.0. The SMILES string of the molecule is Cc1cc(C(=O)COC(=O)c2ccc(CO)cc2)c(C)n1-c1ccc(OC(F)F)cc1. The Morgan fingerprint density at radius 2 is 1.68 bits per heavy atom. The highest BCUT2D eigenvalue weighted by atomic mass is 19.3. The number of esters is 1. The maximum atomic E-state index is 12.6. The molecule has 31 heavy (non-hydrogen) atoms. The summed E-state index contributed by atoms with van der Waals surface area (Å²) in [6.45, 7) is 0.0964. The van der Waals surface area contributed by atoms with E-state index in [1.54, 1.807) is 41.8 Å². The maximum absolute atomic E-state index is 12.6. The molecular weight excluding hydrogens is 408 g/mol. The molecule has 0 radical (unpaired) electrons. The molecule has 0 atom stereocenters. The van der Waals surface area contributed by atoms with Gasteiger partial charge in [0, 0.05) is 22.6 Å². The Morgan fingerprint density at radius 3 is 2.26 bits per heavy atom. The van der Waals surface area contributed by atoms with Gasteiger partial charge in [0.15, 0.2) is 6.61 Å². The molecule has 162 valence electrons. The number of hydrogen-bond acceptors (Lipinski definition) is 5. The standard InChI is InChI=1S/C23H21F2NO5/c1-14-11-20(15(2)26(14)18-7-9-19(10-8-18)31-23(24)25)21(28)13-30-22(29)17-5-3-16(12-27)4-6-17/h3-11,23,27H,12-13H2,1-2H3. The van der Waals surface area contributed by atoms with Crippen molar-refractivity contribution in [2.75, 3.05) is 6.61 Å². The number of benzene rings is 2. The van der Waals surface area contributed by atoms with Crippen molar-refractivity contribution in [3.63, 3.8) is 0 Å². The van der Waals surface area contributed by atoms with E-state index in [0.717, 1.165) is 5.69 Å². The van der Waals surface area contributed by atoms with E-state index < -0.39 is 19.2 Å². The summed E-state index contributed by atoms with van der Waals surface area (Å²) in [5.41, 5.74) is 3.41. The smallest absolute Gasteiger partial charge is 0.387 e. The number of nitrogens with zero attached hydrogens (tertiary/aromatic N) is 1. The molecule has 0 aliphatic carbocycles. The summed E-state index contributed by atoms with van der Waals surface area (Å²) >= 11 is 0. The van der Waals surface area contributed by atoms with Gasteiger partial charge in [-0.1, -0.05) is 12.1 Å². The number of rotatable bonds is 8. The summed E-state index contributed by atoms with van der Waals surface area (Å²) in [4.78, 5) is 24.8. The predicted molar refractivity (Wildman–Crippen MR) is 109 cm³/mol. The number of aliphatic hydroxyl groups excluding tert-OH is 1. The third-order valence-corrected chi connectivity index (χ3v) is 4.76. The molecule has 0 saturated heterocycles. The Bertz CT molecular complexity index is 1070. The molecular formula is C23H21F2NO5. The molecule has 6 nitrogen and oxygen atoms in total. The van der Waals surface area contributed by atoms with E-state index in [4.69, 9.17) is 9.84 Å². The maximum Gasteiger partial charge on any atom is 0.387 e. The zero-order valence-corrected chi connectivity index (χ0v) is 17.0. The molecule has 0 unspecified atom stereocenters. The number of ether oxygens (including phenoxy) is 2. The molecule has 2 aromatic carbocycles. The van der Waals surface area contributed by atoms with Gasteiger partial charge in [-0.05, 0) is 61.9 Å². The van der Waals surface area contributed by atoms with Crippen molar-refractivity contribution >= 4 is 11.8 Å². The zero-order valence-electron chi connectivity index (χ0n) is 17.0. The van der Waals surface area contributed by atoms with Crippen molar-refractivity contribution in [3.05, 3.63) is 82.7 Å². The third-order valence-electron chi connectivity index (χ3n) is 4.76.